The molecule has 0 aliphatic carbocycles. The van der Waals surface area contributed by atoms with Crippen molar-refractivity contribution >= 4 is 15.9 Å². The zero-order valence-electron chi connectivity index (χ0n) is 10.4. The summed E-state index contributed by atoms with van der Waals surface area (Å²) in [5.41, 5.74) is 0.669. The molecule has 0 bridgehead atoms. The van der Waals surface area contributed by atoms with Gasteiger partial charge in [0.1, 0.15) is 5.69 Å². The van der Waals surface area contributed by atoms with E-state index in [1.165, 1.54) is 0 Å². The number of hydrogen-bond acceptors (Lipinski definition) is 5. The molecule has 1 atom stereocenters. The molecular formula is C12H15BrN4O. The second kappa shape index (κ2) is 6.06. The molecule has 0 amide bonds. The molecule has 2 aromatic heterocycles. The van der Waals surface area contributed by atoms with Gasteiger partial charge in [0.2, 0.25) is 5.89 Å². The maximum Gasteiger partial charge on any atom is 0.267 e. The van der Waals surface area contributed by atoms with Crippen molar-refractivity contribution in [2.45, 2.75) is 26.3 Å². The van der Waals surface area contributed by atoms with Crippen molar-refractivity contribution in [3.05, 3.63) is 28.7 Å². The summed E-state index contributed by atoms with van der Waals surface area (Å²) in [6, 6.07) is 3.84. The van der Waals surface area contributed by atoms with Crippen LogP contribution in [0, 0.1) is 0 Å². The molecule has 0 saturated carbocycles. The highest BCUT2D eigenvalue weighted by atomic mass is 79.9. The van der Waals surface area contributed by atoms with Crippen LogP contribution >= 0.6 is 15.9 Å². The molecule has 0 saturated heterocycles. The highest BCUT2D eigenvalue weighted by molar-refractivity contribution is 9.10. The SMILES string of the molecule is CCNC(CC)c1nnc(-c2ncccc2Br)o1. The van der Waals surface area contributed by atoms with Gasteiger partial charge in [-0.05, 0) is 41.0 Å². The Morgan fingerprint density at radius 1 is 1.39 bits per heavy atom. The van der Waals surface area contributed by atoms with E-state index in [1.54, 1.807) is 6.20 Å². The van der Waals surface area contributed by atoms with Crippen LogP contribution < -0.4 is 5.32 Å². The third kappa shape index (κ3) is 2.76. The maximum absolute atomic E-state index is 5.68. The molecule has 5 nitrogen and oxygen atoms in total. The molecule has 0 aliphatic heterocycles. The predicted octanol–water partition coefficient (Wildman–Crippen LogP) is 2.95. The van der Waals surface area contributed by atoms with E-state index in [9.17, 15) is 0 Å². The summed E-state index contributed by atoms with van der Waals surface area (Å²) in [6.07, 6.45) is 2.60. The van der Waals surface area contributed by atoms with Gasteiger partial charge >= 0.3 is 0 Å². The van der Waals surface area contributed by atoms with Crippen LogP contribution in [0.25, 0.3) is 11.6 Å². The number of aromatic nitrogens is 3. The first-order chi connectivity index (χ1) is 8.76. The lowest BCUT2D eigenvalue weighted by Crippen LogP contribution is -2.20. The summed E-state index contributed by atoms with van der Waals surface area (Å²) >= 11 is 3.42. The number of nitrogens with one attached hydrogen (secondary N) is 1. The fourth-order valence-electron chi connectivity index (χ4n) is 1.67. The third-order valence-electron chi connectivity index (χ3n) is 2.56. The zero-order chi connectivity index (χ0) is 13.0. The van der Waals surface area contributed by atoms with Crippen molar-refractivity contribution in [3.63, 3.8) is 0 Å². The molecule has 0 aromatic carbocycles. The van der Waals surface area contributed by atoms with Crippen molar-refractivity contribution in [1.29, 1.82) is 0 Å². The van der Waals surface area contributed by atoms with Crippen LogP contribution in [0.3, 0.4) is 0 Å². The van der Waals surface area contributed by atoms with E-state index in [0.717, 1.165) is 17.4 Å². The molecule has 0 spiro atoms. The monoisotopic (exact) mass is 310 g/mol. The molecule has 96 valence electrons. The largest absolute Gasteiger partial charge is 0.418 e. The van der Waals surface area contributed by atoms with Gasteiger partial charge in [0, 0.05) is 10.7 Å². The van der Waals surface area contributed by atoms with Crippen LogP contribution in [0.15, 0.2) is 27.2 Å². The van der Waals surface area contributed by atoms with Gasteiger partial charge in [0.25, 0.3) is 5.89 Å². The van der Waals surface area contributed by atoms with Gasteiger partial charge in [0.05, 0.1) is 6.04 Å². The summed E-state index contributed by atoms with van der Waals surface area (Å²) in [7, 11) is 0. The number of rotatable bonds is 5. The highest BCUT2D eigenvalue weighted by Gasteiger charge is 2.18. The minimum absolute atomic E-state index is 0.0961. The van der Waals surface area contributed by atoms with Gasteiger partial charge < -0.3 is 9.73 Å². The first kappa shape index (κ1) is 13.2. The molecule has 2 aromatic rings. The van der Waals surface area contributed by atoms with Gasteiger partial charge in [-0.3, -0.25) is 0 Å². The number of pyridine rings is 1. The van der Waals surface area contributed by atoms with Gasteiger partial charge in [-0.2, -0.15) is 0 Å². The summed E-state index contributed by atoms with van der Waals surface area (Å²) in [4.78, 5) is 4.23. The van der Waals surface area contributed by atoms with Crippen LogP contribution in [0.5, 0.6) is 0 Å². The van der Waals surface area contributed by atoms with Gasteiger partial charge in [-0.25, -0.2) is 4.98 Å². The zero-order valence-corrected chi connectivity index (χ0v) is 11.9. The quantitative estimate of drug-likeness (QED) is 0.920. The van der Waals surface area contributed by atoms with Crippen LogP contribution in [-0.2, 0) is 0 Å². The predicted molar refractivity (Wildman–Crippen MR) is 71.9 cm³/mol. The molecule has 1 unspecified atom stereocenters. The fraction of sp³-hybridized carbons (Fsp3) is 0.417. The van der Waals surface area contributed by atoms with E-state index in [4.69, 9.17) is 4.42 Å². The van der Waals surface area contributed by atoms with Gasteiger partial charge in [0.15, 0.2) is 0 Å². The standard InChI is InChI=1S/C12H15BrN4O/c1-3-9(14-4-2)11-16-17-12(18-11)10-8(13)6-5-7-15-10/h5-7,9,14H,3-4H2,1-2H3. The van der Waals surface area contributed by atoms with E-state index < -0.39 is 0 Å². The Labute approximate surface area is 114 Å². The molecular weight excluding hydrogens is 296 g/mol. The molecule has 0 radical (unpaired) electrons. The minimum Gasteiger partial charge on any atom is -0.418 e. The smallest absolute Gasteiger partial charge is 0.267 e. The van der Waals surface area contributed by atoms with Crippen molar-refractivity contribution in [1.82, 2.24) is 20.5 Å². The van der Waals surface area contributed by atoms with Crippen LogP contribution in [0.1, 0.15) is 32.2 Å². The van der Waals surface area contributed by atoms with Gasteiger partial charge in [-0.1, -0.05) is 13.8 Å². The van der Waals surface area contributed by atoms with Gasteiger partial charge in [-0.15, -0.1) is 10.2 Å². The van der Waals surface area contributed by atoms with Crippen molar-refractivity contribution in [2.24, 2.45) is 0 Å². The van der Waals surface area contributed by atoms with Crippen LogP contribution in [0.2, 0.25) is 0 Å². The van der Waals surface area contributed by atoms with E-state index in [1.807, 2.05) is 12.1 Å². The second-order valence-electron chi connectivity index (χ2n) is 3.80. The van der Waals surface area contributed by atoms with E-state index in [0.29, 0.717) is 17.5 Å². The Morgan fingerprint density at radius 2 is 2.22 bits per heavy atom. The molecule has 0 fully saturated rings. The number of hydrogen-bond donors (Lipinski definition) is 1. The number of nitrogens with zero attached hydrogens (tertiary/aromatic N) is 3. The Balaban J connectivity index is 2.28. The lowest BCUT2D eigenvalue weighted by molar-refractivity contribution is 0.401. The summed E-state index contributed by atoms with van der Waals surface area (Å²) in [5.74, 6) is 1.04. The van der Waals surface area contributed by atoms with E-state index in [2.05, 4.69) is 50.3 Å². The van der Waals surface area contributed by atoms with E-state index in [-0.39, 0.29) is 6.04 Å². The Kier molecular flexibility index (Phi) is 4.43. The Hall–Kier alpha value is -1.27. The average Bonchev–Trinajstić information content (AvgIpc) is 2.85. The summed E-state index contributed by atoms with van der Waals surface area (Å²) in [5, 5.41) is 11.4. The molecule has 18 heavy (non-hydrogen) atoms. The van der Waals surface area contributed by atoms with Crippen molar-refractivity contribution in [3.8, 4) is 11.6 Å². The minimum atomic E-state index is 0.0961. The lowest BCUT2D eigenvalue weighted by atomic mass is 10.2. The summed E-state index contributed by atoms with van der Waals surface area (Å²) in [6.45, 7) is 4.99. The average molecular weight is 311 g/mol. The Bertz CT molecular complexity index is 514. The Morgan fingerprint density at radius 3 is 2.89 bits per heavy atom. The lowest BCUT2D eigenvalue weighted by Gasteiger charge is -2.09. The topological polar surface area (TPSA) is 63.8 Å². The molecule has 1 N–H and O–H groups in total. The van der Waals surface area contributed by atoms with Crippen molar-refractivity contribution in [2.75, 3.05) is 6.54 Å². The van der Waals surface area contributed by atoms with Crippen LogP contribution in [0.4, 0.5) is 0 Å². The van der Waals surface area contributed by atoms with E-state index >= 15 is 0 Å². The summed E-state index contributed by atoms with van der Waals surface area (Å²) < 4.78 is 6.52. The van der Waals surface area contributed by atoms with Crippen LogP contribution in [-0.4, -0.2) is 21.7 Å². The number of halogens is 1. The van der Waals surface area contributed by atoms with Crippen molar-refractivity contribution < 1.29 is 4.42 Å². The highest BCUT2D eigenvalue weighted by Crippen LogP contribution is 2.26. The molecule has 2 heterocycles. The third-order valence-corrected chi connectivity index (χ3v) is 3.20. The molecule has 2 rings (SSSR count). The second-order valence-corrected chi connectivity index (χ2v) is 4.65. The maximum atomic E-state index is 5.68. The molecule has 6 heteroatoms. The first-order valence-corrected chi connectivity index (χ1v) is 6.73. The fourth-order valence-corrected chi connectivity index (χ4v) is 2.09. The first-order valence-electron chi connectivity index (χ1n) is 5.93. The normalized spacial score (nSPS) is 12.6. The molecule has 0 aliphatic rings.